The van der Waals surface area contributed by atoms with E-state index in [1.807, 2.05) is 26.3 Å². The highest BCUT2D eigenvalue weighted by atomic mass is 32.2. The lowest BCUT2D eigenvalue weighted by molar-refractivity contribution is -0.146. The number of thioether (sulfide) groups is 1. The summed E-state index contributed by atoms with van der Waals surface area (Å²) >= 11 is 1.74. The van der Waals surface area contributed by atoms with E-state index in [0.717, 1.165) is 18.4 Å². The van der Waals surface area contributed by atoms with Crippen molar-refractivity contribution in [1.29, 1.82) is 0 Å². The fourth-order valence-corrected chi connectivity index (χ4v) is 6.19. The molecular weight excluding hydrogens is 472 g/mol. The molecule has 0 bridgehead atoms. The Morgan fingerprint density at radius 3 is 2.58 bits per heavy atom. The number of hydrogen-bond donors (Lipinski definition) is 2. The largest absolute Gasteiger partial charge is 0.402 e. The zero-order chi connectivity index (χ0) is 26.6. The SMILES string of the molecule is CCc1cc(C2SC=NC2C)ccc1C(C)NC(=O)C1CCCN1C(=O)C(C(=O)C=C(C)N)C(C)C. The van der Waals surface area contributed by atoms with Crippen molar-refractivity contribution in [3.63, 3.8) is 0 Å². The first kappa shape index (κ1) is 28.0. The number of amides is 2. The smallest absolute Gasteiger partial charge is 0.243 e. The van der Waals surface area contributed by atoms with Crippen LogP contribution in [0.1, 0.15) is 82.4 Å². The minimum absolute atomic E-state index is 0.173. The average molecular weight is 513 g/mol. The van der Waals surface area contributed by atoms with Gasteiger partial charge in [-0.2, -0.15) is 0 Å². The molecule has 1 saturated heterocycles. The second kappa shape index (κ2) is 12.1. The number of aryl methyl sites for hydroxylation is 1. The lowest BCUT2D eigenvalue weighted by Gasteiger charge is -2.30. The number of likely N-dealkylation sites (tertiary alicyclic amines) is 1. The third kappa shape index (κ3) is 6.20. The maximum Gasteiger partial charge on any atom is 0.243 e. The Bertz CT molecular complexity index is 1050. The number of nitrogens with one attached hydrogen (secondary N) is 1. The number of allylic oxidation sites excluding steroid dienone is 2. The Kier molecular flexibility index (Phi) is 9.39. The summed E-state index contributed by atoms with van der Waals surface area (Å²) in [6, 6.07) is 5.95. The van der Waals surface area contributed by atoms with E-state index in [2.05, 4.69) is 42.4 Å². The van der Waals surface area contributed by atoms with Crippen LogP contribution in [0.5, 0.6) is 0 Å². The molecule has 2 aliphatic heterocycles. The Balaban J connectivity index is 1.74. The first-order chi connectivity index (χ1) is 17.0. The van der Waals surface area contributed by atoms with Gasteiger partial charge >= 0.3 is 0 Å². The van der Waals surface area contributed by atoms with Crippen molar-refractivity contribution in [1.82, 2.24) is 10.2 Å². The summed E-state index contributed by atoms with van der Waals surface area (Å²) in [4.78, 5) is 45.6. The number of carbonyl (C=O) groups excluding carboxylic acids is 3. The van der Waals surface area contributed by atoms with Crippen molar-refractivity contribution < 1.29 is 14.4 Å². The Hall–Kier alpha value is -2.61. The van der Waals surface area contributed by atoms with Gasteiger partial charge in [0.2, 0.25) is 11.8 Å². The van der Waals surface area contributed by atoms with Gasteiger partial charge < -0.3 is 16.0 Å². The van der Waals surface area contributed by atoms with Gasteiger partial charge in [0, 0.05) is 18.3 Å². The monoisotopic (exact) mass is 512 g/mol. The minimum atomic E-state index is -0.839. The molecule has 3 N–H and O–H groups in total. The second-order valence-electron chi connectivity index (χ2n) is 10.3. The van der Waals surface area contributed by atoms with Gasteiger partial charge in [-0.1, -0.05) is 39.0 Å². The van der Waals surface area contributed by atoms with Crippen molar-refractivity contribution in [3.8, 4) is 0 Å². The van der Waals surface area contributed by atoms with Crippen LogP contribution in [0.2, 0.25) is 0 Å². The average Bonchev–Trinajstić information content (AvgIpc) is 3.47. The molecule has 0 saturated carbocycles. The van der Waals surface area contributed by atoms with Gasteiger partial charge in [-0.05, 0) is 62.6 Å². The quantitative estimate of drug-likeness (QED) is 0.379. The van der Waals surface area contributed by atoms with E-state index < -0.39 is 12.0 Å². The summed E-state index contributed by atoms with van der Waals surface area (Å²) in [5.74, 6) is -1.80. The molecule has 0 radical (unpaired) electrons. The molecule has 2 heterocycles. The molecule has 3 rings (SSSR count). The lowest BCUT2D eigenvalue weighted by atomic mass is 9.89. The number of nitrogens with zero attached hydrogens (tertiary/aromatic N) is 2. The zero-order valence-corrected chi connectivity index (χ0v) is 23.1. The molecule has 0 aromatic heterocycles. The molecule has 5 unspecified atom stereocenters. The highest BCUT2D eigenvalue weighted by Gasteiger charge is 2.40. The zero-order valence-electron chi connectivity index (χ0n) is 22.3. The standard InChI is InChI=1S/C28H40N4O3S/c1-7-20-14-21(26-19(6)30-15-36-26)10-11-22(20)18(5)31-27(34)23-9-8-12-32(23)28(35)25(16(2)3)24(33)13-17(4)29/h10-11,13-16,18-19,23,25-26H,7-9,12,29H2,1-6H3,(H,31,34). The first-order valence-electron chi connectivity index (χ1n) is 12.9. The maximum absolute atomic E-state index is 13.4. The summed E-state index contributed by atoms with van der Waals surface area (Å²) in [5.41, 5.74) is 11.5. The summed E-state index contributed by atoms with van der Waals surface area (Å²) in [6.07, 6.45) is 3.50. The molecule has 1 aromatic carbocycles. The third-order valence-electron chi connectivity index (χ3n) is 7.09. The number of ketones is 1. The number of aliphatic imine (C=N–C) groups is 1. The molecule has 0 aliphatic carbocycles. The Labute approximate surface area is 219 Å². The molecule has 2 aliphatic rings. The Morgan fingerprint density at radius 1 is 1.28 bits per heavy atom. The predicted octanol–water partition coefficient (Wildman–Crippen LogP) is 4.33. The number of carbonyl (C=O) groups is 3. The first-order valence-corrected chi connectivity index (χ1v) is 13.9. The van der Waals surface area contributed by atoms with Crippen LogP contribution in [0.4, 0.5) is 0 Å². The van der Waals surface area contributed by atoms with E-state index >= 15 is 0 Å². The van der Waals surface area contributed by atoms with E-state index in [-0.39, 0.29) is 35.6 Å². The number of benzene rings is 1. The summed E-state index contributed by atoms with van der Waals surface area (Å²) in [7, 11) is 0. The topological polar surface area (TPSA) is 105 Å². The normalized spacial score (nSPS) is 23.7. The van der Waals surface area contributed by atoms with E-state index in [0.29, 0.717) is 23.9 Å². The summed E-state index contributed by atoms with van der Waals surface area (Å²) in [6.45, 7) is 12.0. The molecule has 2 amide bonds. The van der Waals surface area contributed by atoms with Gasteiger partial charge in [-0.15, -0.1) is 11.8 Å². The summed E-state index contributed by atoms with van der Waals surface area (Å²) in [5, 5.41) is 3.47. The van der Waals surface area contributed by atoms with E-state index in [9.17, 15) is 14.4 Å². The van der Waals surface area contributed by atoms with Crippen LogP contribution in [0.15, 0.2) is 35.0 Å². The van der Waals surface area contributed by atoms with Crippen LogP contribution in [0, 0.1) is 11.8 Å². The van der Waals surface area contributed by atoms with Crippen LogP contribution in [-0.2, 0) is 20.8 Å². The van der Waals surface area contributed by atoms with Gasteiger partial charge in [-0.25, -0.2) is 0 Å². The van der Waals surface area contributed by atoms with E-state index in [1.54, 1.807) is 23.6 Å². The third-order valence-corrected chi connectivity index (χ3v) is 8.29. The van der Waals surface area contributed by atoms with Gasteiger partial charge in [-0.3, -0.25) is 19.4 Å². The summed E-state index contributed by atoms with van der Waals surface area (Å²) < 4.78 is 0. The van der Waals surface area contributed by atoms with Crippen molar-refractivity contribution in [3.05, 3.63) is 46.7 Å². The lowest BCUT2D eigenvalue weighted by Crippen LogP contribution is -2.50. The van der Waals surface area contributed by atoms with Crippen LogP contribution < -0.4 is 11.1 Å². The van der Waals surface area contributed by atoms with E-state index in [1.165, 1.54) is 17.2 Å². The molecule has 1 aromatic rings. The van der Waals surface area contributed by atoms with Gasteiger partial charge in [0.25, 0.3) is 0 Å². The van der Waals surface area contributed by atoms with Gasteiger partial charge in [0.15, 0.2) is 5.78 Å². The van der Waals surface area contributed by atoms with Gasteiger partial charge in [0.05, 0.1) is 22.9 Å². The molecule has 5 atom stereocenters. The van der Waals surface area contributed by atoms with Crippen molar-refractivity contribution in [2.75, 3.05) is 6.54 Å². The van der Waals surface area contributed by atoms with Crippen LogP contribution in [0.25, 0.3) is 0 Å². The molecular formula is C28H40N4O3S. The maximum atomic E-state index is 13.4. The van der Waals surface area contributed by atoms with Crippen LogP contribution in [0.3, 0.4) is 0 Å². The van der Waals surface area contributed by atoms with Crippen LogP contribution in [-0.4, -0.2) is 46.7 Å². The number of rotatable bonds is 9. The van der Waals surface area contributed by atoms with Crippen molar-refractivity contribution >= 4 is 34.9 Å². The number of nitrogens with two attached hydrogens (primary N) is 1. The predicted molar refractivity (Wildman–Crippen MR) is 147 cm³/mol. The molecule has 7 nitrogen and oxygen atoms in total. The highest BCUT2D eigenvalue weighted by Crippen LogP contribution is 2.38. The fraction of sp³-hybridized carbons (Fsp3) is 0.571. The molecule has 0 spiro atoms. The van der Waals surface area contributed by atoms with E-state index in [4.69, 9.17) is 5.73 Å². The number of hydrogen-bond acceptors (Lipinski definition) is 6. The highest BCUT2D eigenvalue weighted by molar-refractivity contribution is 8.12. The van der Waals surface area contributed by atoms with Crippen molar-refractivity contribution in [2.45, 2.75) is 84.2 Å². The molecule has 1 fully saturated rings. The fourth-order valence-electron chi connectivity index (χ4n) is 5.20. The van der Waals surface area contributed by atoms with Gasteiger partial charge in [0.1, 0.15) is 12.0 Å². The minimum Gasteiger partial charge on any atom is -0.402 e. The van der Waals surface area contributed by atoms with Crippen LogP contribution >= 0.6 is 11.8 Å². The molecule has 36 heavy (non-hydrogen) atoms. The second-order valence-corrected chi connectivity index (χ2v) is 11.3. The molecule has 8 heteroatoms. The Morgan fingerprint density at radius 2 is 2.00 bits per heavy atom. The van der Waals surface area contributed by atoms with Crippen molar-refractivity contribution in [2.24, 2.45) is 22.6 Å². The molecule has 196 valence electrons.